The zero-order chi connectivity index (χ0) is 15.9. The summed E-state index contributed by atoms with van der Waals surface area (Å²) in [5, 5.41) is 3.50. The molecule has 0 amide bonds. The molecule has 0 aliphatic heterocycles. The number of methoxy groups -OCH3 is 1. The van der Waals surface area contributed by atoms with Crippen molar-refractivity contribution in [2.45, 2.75) is 32.9 Å². The van der Waals surface area contributed by atoms with Crippen molar-refractivity contribution in [1.29, 1.82) is 0 Å². The second kappa shape index (κ2) is 8.42. The summed E-state index contributed by atoms with van der Waals surface area (Å²) in [5.74, 6) is 1.57. The van der Waals surface area contributed by atoms with Crippen molar-refractivity contribution in [2.75, 3.05) is 13.7 Å². The van der Waals surface area contributed by atoms with E-state index in [1.165, 1.54) is 4.88 Å². The molecule has 2 aromatic rings. The van der Waals surface area contributed by atoms with Gasteiger partial charge in [-0.25, -0.2) is 0 Å². The number of hydrogen-bond acceptors (Lipinski definition) is 4. The van der Waals surface area contributed by atoms with Crippen LogP contribution in [0.5, 0.6) is 11.5 Å². The molecule has 1 N–H and O–H groups in total. The SMILES string of the molecule is CCCOc1ccc(CNC(C)c2ccc(Cl)s2)cc1OC. The van der Waals surface area contributed by atoms with Gasteiger partial charge in [0.2, 0.25) is 0 Å². The molecule has 0 bridgehead atoms. The molecule has 1 unspecified atom stereocenters. The summed E-state index contributed by atoms with van der Waals surface area (Å²) in [6.07, 6.45) is 0.980. The van der Waals surface area contributed by atoms with E-state index < -0.39 is 0 Å². The molecular formula is C17H22ClNO2S. The van der Waals surface area contributed by atoms with Gasteiger partial charge in [0.1, 0.15) is 0 Å². The van der Waals surface area contributed by atoms with Gasteiger partial charge in [-0.3, -0.25) is 0 Å². The largest absolute Gasteiger partial charge is 0.493 e. The summed E-state index contributed by atoms with van der Waals surface area (Å²) in [4.78, 5) is 1.24. The van der Waals surface area contributed by atoms with Crippen molar-refractivity contribution in [3.63, 3.8) is 0 Å². The third kappa shape index (κ3) is 4.63. The van der Waals surface area contributed by atoms with Crippen molar-refractivity contribution in [3.05, 3.63) is 45.1 Å². The second-order valence-electron chi connectivity index (χ2n) is 5.08. The second-order valence-corrected chi connectivity index (χ2v) is 6.82. The Labute approximate surface area is 141 Å². The first-order valence-electron chi connectivity index (χ1n) is 7.42. The maximum atomic E-state index is 5.98. The average Bonchev–Trinajstić information content (AvgIpc) is 2.97. The van der Waals surface area contributed by atoms with E-state index >= 15 is 0 Å². The number of nitrogens with one attached hydrogen (secondary N) is 1. The number of thiophene rings is 1. The Morgan fingerprint density at radius 3 is 2.68 bits per heavy atom. The molecule has 2 rings (SSSR count). The highest BCUT2D eigenvalue weighted by molar-refractivity contribution is 7.16. The fourth-order valence-corrected chi connectivity index (χ4v) is 3.17. The lowest BCUT2D eigenvalue weighted by molar-refractivity contribution is 0.294. The molecule has 3 nitrogen and oxygen atoms in total. The molecule has 22 heavy (non-hydrogen) atoms. The van der Waals surface area contributed by atoms with Gasteiger partial charge < -0.3 is 14.8 Å². The summed E-state index contributed by atoms with van der Waals surface area (Å²) in [7, 11) is 1.67. The molecule has 1 aromatic carbocycles. The van der Waals surface area contributed by atoms with Crippen LogP contribution < -0.4 is 14.8 Å². The van der Waals surface area contributed by atoms with E-state index in [9.17, 15) is 0 Å². The Hall–Kier alpha value is -1.23. The van der Waals surface area contributed by atoms with Gasteiger partial charge in [-0.2, -0.15) is 0 Å². The van der Waals surface area contributed by atoms with Crippen LogP contribution in [0.2, 0.25) is 4.34 Å². The summed E-state index contributed by atoms with van der Waals surface area (Å²) < 4.78 is 11.9. The van der Waals surface area contributed by atoms with Crippen LogP contribution in [0.3, 0.4) is 0 Å². The van der Waals surface area contributed by atoms with Crippen LogP contribution in [-0.4, -0.2) is 13.7 Å². The number of halogens is 1. The highest BCUT2D eigenvalue weighted by atomic mass is 35.5. The van der Waals surface area contributed by atoms with Crippen molar-refractivity contribution in [1.82, 2.24) is 5.32 Å². The van der Waals surface area contributed by atoms with E-state index in [-0.39, 0.29) is 6.04 Å². The Balaban J connectivity index is 1.97. The van der Waals surface area contributed by atoms with Gasteiger partial charge in [0.25, 0.3) is 0 Å². The molecule has 0 spiro atoms. The summed E-state index contributed by atoms with van der Waals surface area (Å²) in [6.45, 7) is 5.69. The molecule has 0 aliphatic carbocycles. The van der Waals surface area contributed by atoms with Crippen LogP contribution in [0.4, 0.5) is 0 Å². The zero-order valence-corrected chi connectivity index (χ0v) is 14.8. The van der Waals surface area contributed by atoms with Crippen molar-refractivity contribution >= 4 is 22.9 Å². The standard InChI is InChI=1S/C17H22ClNO2S/c1-4-9-21-14-6-5-13(10-15(14)20-3)11-19-12(2)16-7-8-17(18)22-16/h5-8,10,12,19H,4,9,11H2,1-3H3. The van der Waals surface area contributed by atoms with E-state index in [0.717, 1.165) is 34.4 Å². The molecule has 1 heterocycles. The van der Waals surface area contributed by atoms with Gasteiger partial charge in [0.15, 0.2) is 11.5 Å². The number of hydrogen-bond donors (Lipinski definition) is 1. The van der Waals surface area contributed by atoms with Crippen LogP contribution in [-0.2, 0) is 6.54 Å². The van der Waals surface area contributed by atoms with Crippen LogP contribution in [0.1, 0.15) is 36.8 Å². The minimum absolute atomic E-state index is 0.263. The topological polar surface area (TPSA) is 30.5 Å². The maximum absolute atomic E-state index is 5.98. The Kier molecular flexibility index (Phi) is 6.55. The fraction of sp³-hybridized carbons (Fsp3) is 0.412. The smallest absolute Gasteiger partial charge is 0.161 e. The summed E-state index contributed by atoms with van der Waals surface area (Å²) >= 11 is 7.59. The predicted octanol–water partition coefficient (Wildman–Crippen LogP) is 5.05. The zero-order valence-electron chi connectivity index (χ0n) is 13.2. The van der Waals surface area contributed by atoms with Gasteiger partial charge in [0.05, 0.1) is 18.1 Å². The molecule has 0 fully saturated rings. The average molecular weight is 340 g/mol. The van der Waals surface area contributed by atoms with Crippen molar-refractivity contribution in [3.8, 4) is 11.5 Å². The molecule has 1 aromatic heterocycles. The van der Waals surface area contributed by atoms with Gasteiger partial charge in [-0.15, -0.1) is 11.3 Å². The summed E-state index contributed by atoms with van der Waals surface area (Å²) in [6, 6.07) is 10.3. The minimum Gasteiger partial charge on any atom is -0.493 e. The van der Waals surface area contributed by atoms with Gasteiger partial charge in [0, 0.05) is 17.5 Å². The first kappa shape index (κ1) is 17.1. The number of benzene rings is 1. The number of rotatable bonds is 8. The quantitative estimate of drug-likeness (QED) is 0.730. The monoisotopic (exact) mass is 339 g/mol. The van der Waals surface area contributed by atoms with E-state index in [4.69, 9.17) is 21.1 Å². The first-order chi connectivity index (χ1) is 10.6. The lowest BCUT2D eigenvalue weighted by atomic mass is 10.2. The van der Waals surface area contributed by atoms with Crippen molar-refractivity contribution < 1.29 is 9.47 Å². The van der Waals surface area contributed by atoms with Crippen molar-refractivity contribution in [2.24, 2.45) is 0 Å². The van der Waals surface area contributed by atoms with Crippen LogP contribution in [0.25, 0.3) is 0 Å². The molecule has 1 atom stereocenters. The molecule has 0 saturated heterocycles. The van der Waals surface area contributed by atoms with Gasteiger partial charge >= 0.3 is 0 Å². The molecule has 0 aliphatic rings. The Bertz CT molecular complexity index is 600. The van der Waals surface area contributed by atoms with Crippen LogP contribution in [0.15, 0.2) is 30.3 Å². The highest BCUT2D eigenvalue weighted by Crippen LogP contribution is 2.29. The lowest BCUT2D eigenvalue weighted by Crippen LogP contribution is -2.17. The molecule has 120 valence electrons. The molecule has 5 heteroatoms. The Morgan fingerprint density at radius 1 is 1.23 bits per heavy atom. The molecule has 0 saturated carbocycles. The van der Waals surface area contributed by atoms with E-state index in [1.807, 2.05) is 18.2 Å². The molecular weight excluding hydrogens is 318 g/mol. The van der Waals surface area contributed by atoms with Gasteiger partial charge in [-0.05, 0) is 43.2 Å². The maximum Gasteiger partial charge on any atom is 0.161 e. The van der Waals surface area contributed by atoms with E-state index in [1.54, 1.807) is 18.4 Å². The number of ether oxygens (including phenoxy) is 2. The fourth-order valence-electron chi connectivity index (χ4n) is 2.09. The molecule has 0 radical (unpaired) electrons. The van der Waals surface area contributed by atoms with E-state index in [0.29, 0.717) is 6.61 Å². The highest BCUT2D eigenvalue weighted by Gasteiger charge is 2.09. The third-order valence-corrected chi connectivity index (χ3v) is 4.74. The lowest BCUT2D eigenvalue weighted by Gasteiger charge is -2.14. The Morgan fingerprint density at radius 2 is 2.05 bits per heavy atom. The minimum atomic E-state index is 0.263. The normalized spacial score (nSPS) is 12.2. The van der Waals surface area contributed by atoms with Gasteiger partial charge in [-0.1, -0.05) is 24.6 Å². The summed E-state index contributed by atoms with van der Waals surface area (Å²) in [5.41, 5.74) is 1.16. The van der Waals surface area contributed by atoms with Crippen LogP contribution in [0, 0.1) is 0 Å². The predicted molar refractivity (Wildman–Crippen MR) is 93.4 cm³/mol. The van der Waals surface area contributed by atoms with E-state index in [2.05, 4.69) is 31.3 Å². The van der Waals surface area contributed by atoms with Crippen LogP contribution >= 0.6 is 22.9 Å². The third-order valence-electron chi connectivity index (χ3n) is 3.32. The first-order valence-corrected chi connectivity index (χ1v) is 8.61.